The first kappa shape index (κ1) is 14.5. The van der Waals surface area contributed by atoms with Crippen LogP contribution in [0.1, 0.15) is 51.8 Å². The molecule has 2 unspecified atom stereocenters. The van der Waals surface area contributed by atoms with Crippen LogP contribution in [0.5, 0.6) is 0 Å². The molecule has 0 bridgehead atoms. The largest absolute Gasteiger partial charge is 0.317 e. The van der Waals surface area contributed by atoms with Crippen LogP contribution in [0.3, 0.4) is 0 Å². The van der Waals surface area contributed by atoms with E-state index in [0.29, 0.717) is 17.9 Å². The molecule has 0 saturated heterocycles. The first-order chi connectivity index (χ1) is 9.20. The quantitative estimate of drug-likeness (QED) is 0.831. The molecule has 0 radical (unpaired) electrons. The maximum atomic E-state index is 4.49. The van der Waals surface area contributed by atoms with E-state index in [1.807, 2.05) is 0 Å². The van der Waals surface area contributed by atoms with Crippen molar-refractivity contribution < 1.29 is 0 Å². The van der Waals surface area contributed by atoms with E-state index in [1.165, 1.54) is 37.9 Å². The summed E-state index contributed by atoms with van der Waals surface area (Å²) in [4.78, 5) is 4.49. The van der Waals surface area contributed by atoms with Gasteiger partial charge in [0.15, 0.2) is 0 Å². The number of hydrogen-bond acceptors (Lipinski definition) is 3. The fraction of sp³-hybridized carbons (Fsp3) is 0.867. The molecule has 2 atom stereocenters. The molecule has 1 aliphatic carbocycles. The van der Waals surface area contributed by atoms with Crippen LogP contribution in [0.15, 0.2) is 6.33 Å². The van der Waals surface area contributed by atoms with Crippen molar-refractivity contribution in [2.24, 2.45) is 11.8 Å². The van der Waals surface area contributed by atoms with Gasteiger partial charge in [0.2, 0.25) is 0 Å². The minimum Gasteiger partial charge on any atom is -0.317 e. The van der Waals surface area contributed by atoms with Crippen molar-refractivity contribution in [3.8, 4) is 0 Å². The van der Waals surface area contributed by atoms with Crippen LogP contribution in [0.4, 0.5) is 0 Å². The highest BCUT2D eigenvalue weighted by atomic mass is 15.3. The summed E-state index contributed by atoms with van der Waals surface area (Å²) in [6.07, 6.45) is 9.51. The molecule has 0 amide bonds. The van der Waals surface area contributed by atoms with Crippen LogP contribution in [-0.4, -0.2) is 27.9 Å². The lowest BCUT2D eigenvalue weighted by Crippen LogP contribution is -2.34. The zero-order valence-electron chi connectivity index (χ0n) is 12.6. The van der Waals surface area contributed by atoms with Gasteiger partial charge in [0.25, 0.3) is 0 Å². The number of nitrogens with one attached hydrogen (secondary N) is 1. The summed E-state index contributed by atoms with van der Waals surface area (Å²) >= 11 is 0. The summed E-state index contributed by atoms with van der Waals surface area (Å²) < 4.78 is 2.10. The maximum absolute atomic E-state index is 4.49. The Bertz CT molecular complexity index is 372. The van der Waals surface area contributed by atoms with Gasteiger partial charge in [0.1, 0.15) is 12.2 Å². The number of aromatic nitrogens is 3. The third kappa shape index (κ3) is 4.03. The second-order valence-corrected chi connectivity index (χ2v) is 6.25. The molecule has 4 heteroatoms. The van der Waals surface area contributed by atoms with Gasteiger partial charge >= 0.3 is 0 Å². The summed E-state index contributed by atoms with van der Waals surface area (Å²) in [6.45, 7) is 5.44. The molecule has 1 saturated carbocycles. The molecule has 4 nitrogen and oxygen atoms in total. The molecule has 1 aromatic rings. The first-order valence-corrected chi connectivity index (χ1v) is 7.74. The second-order valence-electron chi connectivity index (χ2n) is 6.25. The average molecular weight is 264 g/mol. The third-order valence-corrected chi connectivity index (χ3v) is 4.21. The van der Waals surface area contributed by atoms with Crippen LogP contribution in [-0.2, 0) is 13.0 Å². The van der Waals surface area contributed by atoms with Gasteiger partial charge in [0.05, 0.1) is 0 Å². The summed E-state index contributed by atoms with van der Waals surface area (Å²) in [6, 6.07) is 0.645. The van der Waals surface area contributed by atoms with Gasteiger partial charge in [-0.25, -0.2) is 9.67 Å². The first-order valence-electron chi connectivity index (χ1n) is 7.74. The Morgan fingerprint density at radius 3 is 2.84 bits per heavy atom. The Morgan fingerprint density at radius 1 is 1.32 bits per heavy atom. The maximum Gasteiger partial charge on any atom is 0.138 e. The monoisotopic (exact) mass is 264 g/mol. The highest BCUT2D eigenvalue weighted by Gasteiger charge is 2.24. The normalized spacial score (nSPS) is 24.6. The minimum absolute atomic E-state index is 0.620. The smallest absolute Gasteiger partial charge is 0.138 e. The molecule has 1 heterocycles. The van der Waals surface area contributed by atoms with Crippen LogP contribution < -0.4 is 5.32 Å². The molecule has 2 rings (SSSR count). The molecule has 1 N–H and O–H groups in total. The lowest BCUT2D eigenvalue weighted by atomic mass is 9.91. The lowest BCUT2D eigenvalue weighted by Gasteiger charge is -2.24. The van der Waals surface area contributed by atoms with Gasteiger partial charge in [-0.2, -0.15) is 5.10 Å². The van der Waals surface area contributed by atoms with E-state index < -0.39 is 0 Å². The lowest BCUT2D eigenvalue weighted by molar-refractivity contribution is 0.335. The van der Waals surface area contributed by atoms with E-state index in [2.05, 4.69) is 41.0 Å². The molecule has 108 valence electrons. The minimum atomic E-state index is 0.620. The van der Waals surface area contributed by atoms with Crippen molar-refractivity contribution in [1.82, 2.24) is 20.1 Å². The van der Waals surface area contributed by atoms with E-state index >= 15 is 0 Å². The van der Waals surface area contributed by atoms with Gasteiger partial charge < -0.3 is 5.32 Å². The third-order valence-electron chi connectivity index (χ3n) is 4.21. The summed E-state index contributed by atoms with van der Waals surface area (Å²) in [7, 11) is 2.10. The van der Waals surface area contributed by atoms with Crippen molar-refractivity contribution in [1.29, 1.82) is 0 Å². The SMILES string of the molecule is CNC1CCCCCC1Cc1ncnn1CC(C)C. The predicted molar refractivity (Wildman–Crippen MR) is 78.0 cm³/mol. The zero-order valence-corrected chi connectivity index (χ0v) is 12.6. The van der Waals surface area contributed by atoms with E-state index in [0.717, 1.165) is 13.0 Å². The highest BCUT2D eigenvalue weighted by molar-refractivity contribution is 4.92. The van der Waals surface area contributed by atoms with E-state index in [1.54, 1.807) is 6.33 Å². The fourth-order valence-corrected chi connectivity index (χ4v) is 3.19. The molecule has 1 fully saturated rings. The fourth-order valence-electron chi connectivity index (χ4n) is 3.19. The Balaban J connectivity index is 2.03. The standard InChI is InChI=1S/C15H28N4/c1-12(2)10-19-15(17-11-18-19)9-13-7-5-4-6-8-14(13)16-3/h11-14,16H,4-10H2,1-3H3. The Morgan fingerprint density at radius 2 is 2.11 bits per heavy atom. The average Bonchev–Trinajstić information content (AvgIpc) is 2.67. The summed E-state index contributed by atoms with van der Waals surface area (Å²) in [5, 5.41) is 7.89. The van der Waals surface area contributed by atoms with Crippen molar-refractivity contribution >= 4 is 0 Å². The zero-order chi connectivity index (χ0) is 13.7. The number of nitrogens with zero attached hydrogens (tertiary/aromatic N) is 3. The van der Waals surface area contributed by atoms with Crippen LogP contribution in [0, 0.1) is 11.8 Å². The Hall–Kier alpha value is -0.900. The molecule has 0 spiro atoms. The molecule has 1 aromatic heterocycles. The molecule has 0 aliphatic heterocycles. The molecule has 1 aliphatic rings. The highest BCUT2D eigenvalue weighted by Crippen LogP contribution is 2.26. The van der Waals surface area contributed by atoms with Crippen LogP contribution >= 0.6 is 0 Å². The topological polar surface area (TPSA) is 42.7 Å². The van der Waals surface area contributed by atoms with Crippen molar-refractivity contribution in [3.05, 3.63) is 12.2 Å². The van der Waals surface area contributed by atoms with Crippen molar-refractivity contribution in [2.75, 3.05) is 7.05 Å². The number of hydrogen-bond donors (Lipinski definition) is 1. The van der Waals surface area contributed by atoms with Gasteiger partial charge in [-0.15, -0.1) is 0 Å². The van der Waals surface area contributed by atoms with Crippen LogP contribution in [0.25, 0.3) is 0 Å². The van der Waals surface area contributed by atoms with Crippen molar-refractivity contribution in [3.63, 3.8) is 0 Å². The summed E-state index contributed by atoms with van der Waals surface area (Å²) in [5.41, 5.74) is 0. The number of rotatable bonds is 5. The van der Waals surface area contributed by atoms with Gasteiger partial charge in [-0.1, -0.05) is 33.1 Å². The van der Waals surface area contributed by atoms with Crippen molar-refractivity contribution in [2.45, 2.75) is 65.0 Å². The van der Waals surface area contributed by atoms with Gasteiger partial charge in [-0.05, 0) is 31.7 Å². The van der Waals surface area contributed by atoms with Crippen LogP contribution in [0.2, 0.25) is 0 Å². The molecular formula is C15H28N4. The van der Waals surface area contributed by atoms with Gasteiger partial charge in [0, 0.05) is 19.0 Å². The Labute approximate surface area is 117 Å². The molecular weight excluding hydrogens is 236 g/mol. The van der Waals surface area contributed by atoms with E-state index in [-0.39, 0.29) is 0 Å². The van der Waals surface area contributed by atoms with E-state index in [4.69, 9.17) is 0 Å². The Kier molecular flexibility index (Phi) is 5.37. The summed E-state index contributed by atoms with van der Waals surface area (Å²) in [5.74, 6) is 2.50. The molecule has 0 aromatic carbocycles. The predicted octanol–water partition coefficient (Wildman–Crippen LogP) is 2.64. The van der Waals surface area contributed by atoms with Gasteiger partial charge in [-0.3, -0.25) is 0 Å². The van der Waals surface area contributed by atoms with E-state index in [9.17, 15) is 0 Å². The molecule has 19 heavy (non-hydrogen) atoms. The second kappa shape index (κ2) is 7.04.